The van der Waals surface area contributed by atoms with Gasteiger partial charge in [0.15, 0.2) is 23.0 Å². The summed E-state index contributed by atoms with van der Waals surface area (Å²) in [5, 5.41) is 0.504. The van der Waals surface area contributed by atoms with Crippen molar-refractivity contribution in [3.63, 3.8) is 0 Å². The highest BCUT2D eigenvalue weighted by Crippen LogP contribution is 2.34. The first-order chi connectivity index (χ1) is 17.5. The predicted octanol–water partition coefficient (Wildman–Crippen LogP) is 2.48. The van der Waals surface area contributed by atoms with Gasteiger partial charge in [-0.25, -0.2) is 4.98 Å². The third-order valence-corrected chi connectivity index (χ3v) is 6.70. The maximum atomic E-state index is 13.5. The Hall–Kier alpha value is -3.95. The van der Waals surface area contributed by atoms with Gasteiger partial charge in [-0.3, -0.25) is 14.2 Å². The maximum absolute atomic E-state index is 13.5. The summed E-state index contributed by atoms with van der Waals surface area (Å²) < 4.78 is 24.3. The molecule has 0 radical (unpaired) electrons. The van der Waals surface area contributed by atoms with E-state index in [0.29, 0.717) is 98.0 Å². The molecule has 0 aliphatic carbocycles. The Morgan fingerprint density at radius 1 is 0.833 bits per heavy atom. The second kappa shape index (κ2) is 8.92. The number of benzene rings is 2. The second-order valence-corrected chi connectivity index (χ2v) is 9.33. The Bertz CT molecular complexity index is 1390. The standard InChI is InChI=1S/C26H28N4O6/c1-16(2)30-25(32)18-14-22-23(36-12-11-35-22)15-19(18)27-26(30)29-7-5-28(6-8-29)24(31)17-3-4-20-21(13-17)34-10-9-33-20/h3-4,13-16H,5-12H2,1-2H3. The molecule has 1 fully saturated rings. The summed E-state index contributed by atoms with van der Waals surface area (Å²) in [7, 11) is 0. The molecule has 3 aromatic rings. The van der Waals surface area contributed by atoms with Gasteiger partial charge in [0.05, 0.1) is 10.9 Å². The molecule has 0 bridgehead atoms. The van der Waals surface area contributed by atoms with Crippen LogP contribution in [-0.4, -0.2) is 73.0 Å². The fraction of sp³-hybridized carbons (Fsp3) is 0.423. The zero-order valence-electron chi connectivity index (χ0n) is 20.4. The predicted molar refractivity (Wildman–Crippen MR) is 133 cm³/mol. The minimum atomic E-state index is -0.114. The molecular weight excluding hydrogens is 464 g/mol. The largest absolute Gasteiger partial charge is 0.486 e. The first-order valence-corrected chi connectivity index (χ1v) is 12.3. The van der Waals surface area contributed by atoms with Crippen molar-refractivity contribution in [1.82, 2.24) is 14.5 Å². The zero-order chi connectivity index (χ0) is 24.8. The van der Waals surface area contributed by atoms with Crippen molar-refractivity contribution in [2.75, 3.05) is 57.5 Å². The van der Waals surface area contributed by atoms with Crippen molar-refractivity contribution in [1.29, 1.82) is 0 Å². The van der Waals surface area contributed by atoms with E-state index in [4.69, 9.17) is 23.9 Å². The molecule has 2 aromatic carbocycles. The molecule has 1 aromatic heterocycles. The third kappa shape index (κ3) is 3.86. The Labute approximate surface area is 207 Å². The quantitative estimate of drug-likeness (QED) is 0.551. The van der Waals surface area contributed by atoms with Gasteiger partial charge in [0.25, 0.3) is 11.5 Å². The first-order valence-electron chi connectivity index (χ1n) is 12.3. The normalized spacial score (nSPS) is 17.0. The lowest BCUT2D eigenvalue weighted by Crippen LogP contribution is -2.50. The molecule has 0 saturated carbocycles. The van der Waals surface area contributed by atoms with Crippen molar-refractivity contribution in [3.8, 4) is 23.0 Å². The summed E-state index contributed by atoms with van der Waals surface area (Å²) in [6, 6.07) is 8.72. The van der Waals surface area contributed by atoms with Crippen LogP contribution in [-0.2, 0) is 0 Å². The molecule has 0 N–H and O–H groups in total. The Kier molecular flexibility index (Phi) is 5.58. The van der Waals surface area contributed by atoms with E-state index in [2.05, 4.69) is 4.90 Å². The molecule has 3 aliphatic heterocycles. The highest BCUT2D eigenvalue weighted by atomic mass is 16.6. The van der Waals surface area contributed by atoms with Crippen LogP contribution in [0.15, 0.2) is 35.1 Å². The van der Waals surface area contributed by atoms with E-state index in [9.17, 15) is 9.59 Å². The number of amides is 1. The fourth-order valence-corrected chi connectivity index (χ4v) is 4.88. The molecule has 1 amide bonds. The minimum Gasteiger partial charge on any atom is -0.486 e. The molecule has 1 saturated heterocycles. The average molecular weight is 493 g/mol. The van der Waals surface area contributed by atoms with Crippen molar-refractivity contribution >= 4 is 22.8 Å². The number of fused-ring (bicyclic) bond motifs is 3. The lowest BCUT2D eigenvalue weighted by molar-refractivity contribution is 0.0744. The van der Waals surface area contributed by atoms with Gasteiger partial charge in [-0.2, -0.15) is 0 Å². The minimum absolute atomic E-state index is 0.0527. The molecule has 0 spiro atoms. The molecule has 4 heterocycles. The SMILES string of the molecule is CC(C)n1c(N2CCN(C(=O)c3ccc4c(c3)OCCO4)CC2)nc2cc3c(cc2c1=O)OCCO3. The van der Waals surface area contributed by atoms with Crippen LogP contribution in [0.5, 0.6) is 23.0 Å². The van der Waals surface area contributed by atoms with Gasteiger partial charge < -0.3 is 28.7 Å². The van der Waals surface area contributed by atoms with Gasteiger partial charge in [-0.15, -0.1) is 0 Å². The van der Waals surface area contributed by atoms with Gasteiger partial charge >= 0.3 is 0 Å². The Balaban J connectivity index is 1.26. The second-order valence-electron chi connectivity index (χ2n) is 9.33. The number of rotatable bonds is 3. The molecule has 0 unspecified atom stereocenters. The summed E-state index contributed by atoms with van der Waals surface area (Å²) in [6.07, 6.45) is 0. The average Bonchev–Trinajstić information content (AvgIpc) is 2.91. The number of anilines is 1. The molecule has 10 heteroatoms. The highest BCUT2D eigenvalue weighted by molar-refractivity contribution is 5.95. The van der Waals surface area contributed by atoms with Gasteiger partial charge in [0.1, 0.15) is 26.4 Å². The van der Waals surface area contributed by atoms with Crippen LogP contribution in [0.2, 0.25) is 0 Å². The molecule has 188 valence electrons. The molecule has 0 atom stereocenters. The number of ether oxygens (including phenoxy) is 4. The van der Waals surface area contributed by atoms with Gasteiger partial charge in [-0.1, -0.05) is 0 Å². The van der Waals surface area contributed by atoms with E-state index in [1.807, 2.05) is 18.7 Å². The topological polar surface area (TPSA) is 95.4 Å². The molecule has 3 aliphatic rings. The lowest BCUT2D eigenvalue weighted by Gasteiger charge is -2.37. The van der Waals surface area contributed by atoms with Crippen LogP contribution in [0.25, 0.3) is 10.9 Å². The summed E-state index contributed by atoms with van der Waals surface area (Å²) in [5.41, 5.74) is 1.03. The summed E-state index contributed by atoms with van der Waals surface area (Å²) in [4.78, 5) is 35.5. The molecule has 6 rings (SSSR count). The number of piperazine rings is 1. The summed E-state index contributed by atoms with van der Waals surface area (Å²) in [5.74, 6) is 2.98. The van der Waals surface area contributed by atoms with Crippen LogP contribution in [0.1, 0.15) is 30.2 Å². The van der Waals surface area contributed by atoms with E-state index < -0.39 is 0 Å². The number of hydrogen-bond acceptors (Lipinski definition) is 8. The van der Waals surface area contributed by atoms with Crippen molar-refractivity contribution in [3.05, 3.63) is 46.2 Å². The lowest BCUT2D eigenvalue weighted by atomic mass is 10.1. The van der Waals surface area contributed by atoms with E-state index in [1.54, 1.807) is 34.9 Å². The van der Waals surface area contributed by atoms with Crippen molar-refractivity contribution in [2.24, 2.45) is 0 Å². The number of nitrogens with zero attached hydrogens (tertiary/aromatic N) is 4. The maximum Gasteiger partial charge on any atom is 0.263 e. The molecule has 10 nitrogen and oxygen atoms in total. The van der Waals surface area contributed by atoms with E-state index >= 15 is 0 Å². The number of hydrogen-bond donors (Lipinski definition) is 0. The van der Waals surface area contributed by atoms with Crippen molar-refractivity contribution < 1.29 is 23.7 Å². The van der Waals surface area contributed by atoms with E-state index in [1.165, 1.54) is 0 Å². The Morgan fingerprint density at radius 2 is 1.44 bits per heavy atom. The summed E-state index contributed by atoms with van der Waals surface area (Å²) >= 11 is 0. The van der Waals surface area contributed by atoms with Gasteiger partial charge in [0.2, 0.25) is 5.95 Å². The highest BCUT2D eigenvalue weighted by Gasteiger charge is 2.28. The first kappa shape index (κ1) is 22.5. The monoisotopic (exact) mass is 492 g/mol. The van der Waals surface area contributed by atoms with Crippen LogP contribution >= 0.6 is 0 Å². The van der Waals surface area contributed by atoms with Gasteiger partial charge in [-0.05, 0) is 38.1 Å². The van der Waals surface area contributed by atoms with E-state index in [0.717, 1.165) is 0 Å². The van der Waals surface area contributed by atoms with Crippen LogP contribution < -0.4 is 29.4 Å². The zero-order valence-corrected chi connectivity index (χ0v) is 20.4. The van der Waals surface area contributed by atoms with Crippen LogP contribution in [0.4, 0.5) is 5.95 Å². The van der Waals surface area contributed by atoms with Crippen LogP contribution in [0, 0.1) is 0 Å². The third-order valence-electron chi connectivity index (χ3n) is 6.70. The number of aromatic nitrogens is 2. The molecule has 36 heavy (non-hydrogen) atoms. The molecular formula is C26H28N4O6. The van der Waals surface area contributed by atoms with Crippen molar-refractivity contribution in [2.45, 2.75) is 19.9 Å². The number of carbonyl (C=O) groups excluding carboxylic acids is 1. The van der Waals surface area contributed by atoms with Gasteiger partial charge in [0, 0.05) is 43.9 Å². The van der Waals surface area contributed by atoms with E-state index in [-0.39, 0.29) is 17.5 Å². The fourth-order valence-electron chi connectivity index (χ4n) is 4.88. The van der Waals surface area contributed by atoms with Crippen LogP contribution in [0.3, 0.4) is 0 Å². The Morgan fingerprint density at radius 3 is 2.11 bits per heavy atom. The summed E-state index contributed by atoms with van der Waals surface area (Å²) in [6.45, 7) is 8.00. The smallest absolute Gasteiger partial charge is 0.263 e. The number of carbonyl (C=O) groups is 1.